The Morgan fingerprint density at radius 1 is 0.875 bits per heavy atom. The molecular formula is C35H37IrN2O2-. The van der Waals surface area contributed by atoms with Crippen molar-refractivity contribution in [2.45, 2.75) is 53.4 Å². The van der Waals surface area contributed by atoms with E-state index in [1.807, 2.05) is 40.0 Å². The van der Waals surface area contributed by atoms with Crippen molar-refractivity contribution in [2.24, 2.45) is 11.8 Å². The van der Waals surface area contributed by atoms with Gasteiger partial charge in [0.2, 0.25) is 0 Å². The average Bonchev–Trinajstić information content (AvgIpc) is 2.97. The molecule has 0 amide bonds. The zero-order valence-electron chi connectivity index (χ0n) is 23.9. The number of allylic oxidation sites excluding steroid dienone is 2. The molecule has 6 rings (SSSR count). The fraction of sp³-hybridized carbons (Fsp3) is 0.314. The first-order valence-corrected chi connectivity index (χ1v) is 14.2. The summed E-state index contributed by atoms with van der Waals surface area (Å²) in [5.41, 5.74) is 3.53. The molecule has 0 aliphatic carbocycles. The SMILES string of the molecule is CCC(CC)C(=O)/C=C(\O)C(CC)CC.CN1c2cccc3ccc4c5ccc[c-]c5c5nccc1c5c4c23.[Ir]. The molecule has 1 aliphatic heterocycles. The molecule has 5 aromatic rings. The predicted molar refractivity (Wildman–Crippen MR) is 165 cm³/mol. The Bertz CT molecular complexity index is 1720. The average molecular weight is 710 g/mol. The Labute approximate surface area is 250 Å². The Hall–Kier alpha value is -3.27. The fourth-order valence-corrected chi connectivity index (χ4v) is 6.06. The number of nitrogens with zero attached hydrogens (tertiary/aromatic N) is 2. The van der Waals surface area contributed by atoms with Gasteiger partial charge in [0.25, 0.3) is 0 Å². The quantitative estimate of drug-likeness (QED) is 0.0792. The molecule has 0 saturated heterocycles. The second-order valence-electron chi connectivity index (χ2n) is 10.4. The number of fused-ring (bicyclic) bond motifs is 3. The third-order valence-electron chi connectivity index (χ3n) is 8.39. The number of pyridine rings is 1. The summed E-state index contributed by atoms with van der Waals surface area (Å²) in [5, 5.41) is 18.6. The number of benzene rings is 4. The smallest absolute Gasteiger partial charge is 0.162 e. The molecule has 0 bridgehead atoms. The van der Waals surface area contributed by atoms with Crippen molar-refractivity contribution in [1.29, 1.82) is 0 Å². The van der Waals surface area contributed by atoms with Crippen LogP contribution in [0.4, 0.5) is 11.4 Å². The second-order valence-corrected chi connectivity index (χ2v) is 10.4. The van der Waals surface area contributed by atoms with Gasteiger partial charge in [-0.3, -0.25) is 4.79 Å². The molecule has 0 saturated carbocycles. The molecule has 209 valence electrons. The Kier molecular flexibility index (Phi) is 9.28. The van der Waals surface area contributed by atoms with Crippen LogP contribution in [0.3, 0.4) is 0 Å². The number of rotatable bonds is 7. The number of aromatic nitrogens is 1. The molecule has 4 aromatic carbocycles. The maximum absolute atomic E-state index is 11.7. The van der Waals surface area contributed by atoms with Gasteiger partial charge in [0.1, 0.15) is 0 Å². The number of hydrogen-bond acceptors (Lipinski definition) is 4. The molecule has 0 atom stereocenters. The molecule has 1 N–H and O–H groups in total. The molecule has 0 spiro atoms. The third kappa shape index (κ3) is 5.02. The number of carbonyl (C=O) groups excluding carboxylic acids is 1. The first-order valence-electron chi connectivity index (χ1n) is 14.2. The molecule has 0 fully saturated rings. The number of aliphatic hydroxyl groups excluding tert-OH is 1. The number of anilines is 2. The van der Waals surface area contributed by atoms with Crippen LogP contribution in [0, 0.1) is 17.9 Å². The summed E-state index contributed by atoms with van der Waals surface area (Å²) in [4.78, 5) is 18.7. The molecule has 4 nitrogen and oxygen atoms in total. The maximum atomic E-state index is 11.7. The van der Waals surface area contributed by atoms with Crippen LogP contribution in [-0.4, -0.2) is 22.9 Å². The van der Waals surface area contributed by atoms with Crippen molar-refractivity contribution in [1.82, 2.24) is 4.98 Å². The zero-order chi connectivity index (χ0) is 27.7. The van der Waals surface area contributed by atoms with Crippen LogP contribution in [0.5, 0.6) is 0 Å². The summed E-state index contributed by atoms with van der Waals surface area (Å²) in [7, 11) is 2.14. The summed E-state index contributed by atoms with van der Waals surface area (Å²) in [5.74, 6) is 0.547. The van der Waals surface area contributed by atoms with E-state index < -0.39 is 0 Å². The normalized spacial score (nSPS) is 12.6. The monoisotopic (exact) mass is 710 g/mol. The van der Waals surface area contributed by atoms with Crippen molar-refractivity contribution in [3.63, 3.8) is 0 Å². The number of carbonyl (C=O) groups is 1. The van der Waals surface area contributed by atoms with Gasteiger partial charge in [-0.2, -0.15) is 0 Å². The standard InChI is InChI=1S/C22H13N2.C13H24O2.Ir/c1-24-17-8-4-5-13-9-10-15-14-6-2-3-7-16(14)22-21(20(15)19(13)17)18(24)11-12-23-22;1-5-10(6-2)12(14)9-13(15)11(7-3)8-4;/h2-6,8-12H,1H3;9-11,14H,5-8H2,1-4H3;/q-1;;/b;12-9-;. The second kappa shape index (κ2) is 12.5. The van der Waals surface area contributed by atoms with Crippen LogP contribution in [-0.2, 0) is 24.9 Å². The van der Waals surface area contributed by atoms with Gasteiger partial charge in [0.15, 0.2) is 5.78 Å². The van der Waals surface area contributed by atoms with Gasteiger partial charge in [-0.25, -0.2) is 0 Å². The van der Waals surface area contributed by atoms with E-state index in [-0.39, 0.29) is 43.5 Å². The van der Waals surface area contributed by atoms with E-state index in [1.54, 1.807) is 0 Å². The summed E-state index contributed by atoms with van der Waals surface area (Å²) in [6.07, 6.45) is 6.82. The summed E-state index contributed by atoms with van der Waals surface area (Å²) in [6, 6.07) is 22.8. The van der Waals surface area contributed by atoms with Crippen molar-refractivity contribution < 1.29 is 30.0 Å². The minimum Gasteiger partial charge on any atom is -0.512 e. The van der Waals surface area contributed by atoms with Gasteiger partial charge in [-0.05, 0) is 59.5 Å². The number of aliphatic hydroxyl groups is 1. The zero-order valence-corrected chi connectivity index (χ0v) is 26.3. The largest absolute Gasteiger partial charge is 0.512 e. The first kappa shape index (κ1) is 29.7. The van der Waals surface area contributed by atoms with Crippen LogP contribution in [0.1, 0.15) is 53.4 Å². The van der Waals surface area contributed by atoms with Crippen molar-refractivity contribution in [3.8, 4) is 0 Å². The summed E-state index contributed by atoms with van der Waals surface area (Å²) in [6.45, 7) is 8.07. The minimum atomic E-state index is 0. The van der Waals surface area contributed by atoms with Gasteiger partial charge in [-0.15, -0.1) is 29.7 Å². The molecule has 0 unspecified atom stereocenters. The van der Waals surface area contributed by atoms with E-state index in [9.17, 15) is 9.90 Å². The van der Waals surface area contributed by atoms with Crippen LogP contribution < -0.4 is 4.90 Å². The van der Waals surface area contributed by atoms with Crippen molar-refractivity contribution in [3.05, 3.63) is 78.7 Å². The first-order chi connectivity index (χ1) is 18.9. The molecule has 5 heteroatoms. The van der Waals surface area contributed by atoms with Crippen molar-refractivity contribution in [2.75, 3.05) is 11.9 Å². The summed E-state index contributed by atoms with van der Waals surface area (Å²) >= 11 is 0. The topological polar surface area (TPSA) is 53.4 Å². The molecule has 1 aromatic heterocycles. The van der Waals surface area contributed by atoms with Gasteiger partial charge in [-0.1, -0.05) is 62.7 Å². The van der Waals surface area contributed by atoms with Gasteiger partial charge in [0, 0.05) is 68.0 Å². The third-order valence-corrected chi connectivity index (χ3v) is 8.39. The molecule has 40 heavy (non-hydrogen) atoms. The van der Waals surface area contributed by atoms with E-state index in [0.29, 0.717) is 0 Å². The van der Waals surface area contributed by atoms with E-state index in [2.05, 4.69) is 66.5 Å². The molecular weight excluding hydrogens is 673 g/mol. The molecule has 1 aliphatic rings. The Morgan fingerprint density at radius 3 is 2.27 bits per heavy atom. The maximum Gasteiger partial charge on any atom is 0.162 e. The van der Waals surface area contributed by atoms with E-state index >= 15 is 0 Å². The number of ketones is 1. The molecule has 2 heterocycles. The van der Waals surface area contributed by atoms with Crippen LogP contribution in [0.25, 0.3) is 43.2 Å². The van der Waals surface area contributed by atoms with Crippen LogP contribution >= 0.6 is 0 Å². The van der Waals surface area contributed by atoms with E-state index in [0.717, 1.165) is 36.6 Å². The number of hydrogen-bond donors (Lipinski definition) is 1. The van der Waals surface area contributed by atoms with Gasteiger partial charge >= 0.3 is 0 Å². The minimum absolute atomic E-state index is 0. The predicted octanol–water partition coefficient (Wildman–Crippen LogP) is 9.44. The Morgan fingerprint density at radius 2 is 1.57 bits per heavy atom. The van der Waals surface area contributed by atoms with E-state index in [4.69, 9.17) is 4.98 Å². The van der Waals surface area contributed by atoms with Gasteiger partial charge in [0.05, 0.1) is 5.76 Å². The molecule has 1 radical (unpaired) electrons. The van der Waals surface area contributed by atoms with Crippen LogP contribution in [0.15, 0.2) is 72.6 Å². The van der Waals surface area contributed by atoms with Gasteiger partial charge < -0.3 is 15.0 Å². The summed E-state index contributed by atoms with van der Waals surface area (Å²) < 4.78 is 0. The van der Waals surface area contributed by atoms with Crippen molar-refractivity contribution >= 4 is 60.4 Å². The fourth-order valence-electron chi connectivity index (χ4n) is 6.06. The van der Waals surface area contributed by atoms with Crippen LogP contribution in [0.2, 0.25) is 0 Å². The Balaban J connectivity index is 0.000000204. The van der Waals surface area contributed by atoms with E-state index in [1.165, 1.54) is 49.8 Å².